The summed E-state index contributed by atoms with van der Waals surface area (Å²) in [4.78, 5) is 11.8. The Hall–Kier alpha value is -2.29. The van der Waals surface area contributed by atoms with Crippen LogP contribution in [0.15, 0.2) is 48.5 Å². The summed E-state index contributed by atoms with van der Waals surface area (Å²) in [5.41, 5.74) is 4.15. The largest absolute Gasteiger partial charge is 0.465 e. The molecule has 2 rings (SSSR count). The number of ether oxygens (including phenoxy) is 1. The Morgan fingerprint density at radius 1 is 1.04 bits per heavy atom. The van der Waals surface area contributed by atoms with Crippen LogP contribution >= 0.6 is 0 Å². The highest BCUT2D eigenvalue weighted by Crippen LogP contribution is 2.24. The Morgan fingerprint density at radius 2 is 1.67 bits per heavy atom. The van der Waals surface area contributed by atoms with Gasteiger partial charge < -0.3 is 10.1 Å². The normalized spacial score (nSPS) is 11.2. The van der Waals surface area contributed by atoms with Crippen LogP contribution in [0.4, 0.5) is 5.69 Å². The van der Waals surface area contributed by atoms with E-state index in [1.54, 1.807) is 6.07 Å². The second-order valence-corrected chi connectivity index (χ2v) is 6.90. The molecule has 0 fully saturated rings. The first-order valence-corrected chi connectivity index (χ1v) is 8.44. The van der Waals surface area contributed by atoms with Crippen LogP contribution in [-0.4, -0.2) is 19.6 Å². The van der Waals surface area contributed by atoms with Gasteiger partial charge in [0.2, 0.25) is 0 Å². The molecule has 128 valence electrons. The van der Waals surface area contributed by atoms with Gasteiger partial charge in [-0.1, -0.05) is 57.2 Å². The van der Waals surface area contributed by atoms with Gasteiger partial charge in [-0.3, -0.25) is 0 Å². The highest BCUT2D eigenvalue weighted by atomic mass is 16.5. The van der Waals surface area contributed by atoms with Crippen LogP contribution in [0.25, 0.3) is 0 Å². The van der Waals surface area contributed by atoms with E-state index in [2.05, 4.69) is 50.4 Å². The van der Waals surface area contributed by atoms with Gasteiger partial charge in [0.25, 0.3) is 0 Å². The molecule has 0 spiro atoms. The van der Waals surface area contributed by atoms with E-state index in [4.69, 9.17) is 4.74 Å². The first kappa shape index (κ1) is 18.1. The SMILES string of the molecule is CCc1ccc(CC(C)(C)CNc2ccccc2C(=O)OC)cc1. The van der Waals surface area contributed by atoms with E-state index < -0.39 is 0 Å². The van der Waals surface area contributed by atoms with Crippen molar-refractivity contribution in [1.29, 1.82) is 0 Å². The third kappa shape index (κ3) is 4.85. The fourth-order valence-electron chi connectivity index (χ4n) is 2.77. The monoisotopic (exact) mass is 325 g/mol. The summed E-state index contributed by atoms with van der Waals surface area (Å²) in [6.45, 7) is 7.40. The van der Waals surface area contributed by atoms with Crippen molar-refractivity contribution in [2.45, 2.75) is 33.6 Å². The van der Waals surface area contributed by atoms with Crippen molar-refractivity contribution in [2.75, 3.05) is 19.0 Å². The predicted molar refractivity (Wildman–Crippen MR) is 99.6 cm³/mol. The highest BCUT2D eigenvalue weighted by Gasteiger charge is 2.20. The summed E-state index contributed by atoms with van der Waals surface area (Å²) in [6.07, 6.45) is 2.04. The molecule has 2 aromatic carbocycles. The smallest absolute Gasteiger partial charge is 0.339 e. The lowest BCUT2D eigenvalue weighted by atomic mass is 9.85. The maximum absolute atomic E-state index is 11.8. The third-order valence-corrected chi connectivity index (χ3v) is 4.20. The standard InChI is InChI=1S/C21H27NO2/c1-5-16-10-12-17(13-11-16)14-21(2,3)15-22-19-9-7-6-8-18(19)20(23)24-4/h6-13,22H,5,14-15H2,1-4H3. The molecule has 0 aliphatic heterocycles. The Kier molecular flexibility index (Phi) is 6.02. The number of hydrogen-bond donors (Lipinski definition) is 1. The van der Waals surface area contributed by atoms with Crippen LogP contribution in [0.5, 0.6) is 0 Å². The second kappa shape index (κ2) is 8.00. The zero-order valence-corrected chi connectivity index (χ0v) is 15.1. The highest BCUT2D eigenvalue weighted by molar-refractivity contribution is 5.95. The lowest BCUT2D eigenvalue weighted by Gasteiger charge is -2.26. The molecule has 24 heavy (non-hydrogen) atoms. The molecule has 0 aliphatic carbocycles. The first-order chi connectivity index (χ1) is 11.4. The quantitative estimate of drug-likeness (QED) is 0.749. The number of para-hydroxylation sites is 1. The molecule has 0 atom stereocenters. The minimum absolute atomic E-state index is 0.0664. The summed E-state index contributed by atoms with van der Waals surface area (Å²) >= 11 is 0. The molecular weight excluding hydrogens is 298 g/mol. The van der Waals surface area contributed by atoms with E-state index in [1.165, 1.54) is 18.2 Å². The minimum atomic E-state index is -0.314. The van der Waals surface area contributed by atoms with Crippen LogP contribution in [0.1, 0.15) is 42.3 Å². The summed E-state index contributed by atoms with van der Waals surface area (Å²) in [7, 11) is 1.41. The number of rotatable bonds is 7. The Bertz CT molecular complexity index is 674. The maximum Gasteiger partial charge on any atom is 0.339 e. The lowest BCUT2D eigenvalue weighted by molar-refractivity contribution is 0.0601. The van der Waals surface area contributed by atoms with Crippen molar-refractivity contribution in [1.82, 2.24) is 0 Å². The van der Waals surface area contributed by atoms with Crippen molar-refractivity contribution in [3.63, 3.8) is 0 Å². The van der Waals surface area contributed by atoms with Gasteiger partial charge in [-0.25, -0.2) is 4.79 Å². The number of hydrogen-bond acceptors (Lipinski definition) is 3. The number of methoxy groups -OCH3 is 1. The second-order valence-electron chi connectivity index (χ2n) is 6.90. The summed E-state index contributed by atoms with van der Waals surface area (Å²) < 4.78 is 4.85. The number of aryl methyl sites for hydroxylation is 1. The average Bonchev–Trinajstić information content (AvgIpc) is 2.60. The Labute approximate surface area is 145 Å². The topological polar surface area (TPSA) is 38.3 Å². The number of esters is 1. The molecule has 0 bridgehead atoms. The molecule has 3 nitrogen and oxygen atoms in total. The molecule has 0 unspecified atom stereocenters. The van der Waals surface area contributed by atoms with Crippen molar-refractivity contribution in [2.24, 2.45) is 5.41 Å². The number of carbonyl (C=O) groups is 1. The molecule has 0 aromatic heterocycles. The average molecular weight is 325 g/mol. The predicted octanol–water partition coefficient (Wildman–Crippen LogP) is 4.72. The van der Waals surface area contributed by atoms with Crippen LogP contribution in [0, 0.1) is 5.41 Å². The molecule has 0 radical (unpaired) electrons. The number of anilines is 1. The molecule has 3 heteroatoms. The van der Waals surface area contributed by atoms with E-state index in [9.17, 15) is 4.79 Å². The van der Waals surface area contributed by atoms with E-state index in [0.29, 0.717) is 5.56 Å². The van der Waals surface area contributed by atoms with Gasteiger partial charge in [0.05, 0.1) is 12.7 Å². The van der Waals surface area contributed by atoms with Gasteiger partial charge >= 0.3 is 5.97 Å². The van der Waals surface area contributed by atoms with Gasteiger partial charge in [0.15, 0.2) is 0 Å². The first-order valence-electron chi connectivity index (χ1n) is 8.44. The summed E-state index contributed by atoms with van der Waals surface area (Å²) in [5.74, 6) is -0.314. The zero-order valence-electron chi connectivity index (χ0n) is 15.1. The molecule has 0 heterocycles. The van der Waals surface area contributed by atoms with Crippen LogP contribution in [-0.2, 0) is 17.6 Å². The van der Waals surface area contributed by atoms with Gasteiger partial charge in [-0.05, 0) is 41.5 Å². The Morgan fingerprint density at radius 3 is 2.29 bits per heavy atom. The molecule has 1 N–H and O–H groups in total. The zero-order chi connectivity index (χ0) is 17.6. The molecule has 0 aliphatic rings. The van der Waals surface area contributed by atoms with Gasteiger partial charge in [0.1, 0.15) is 0 Å². The Balaban J connectivity index is 2.03. The molecular formula is C21H27NO2. The van der Waals surface area contributed by atoms with Crippen molar-refractivity contribution < 1.29 is 9.53 Å². The molecule has 0 saturated heterocycles. The van der Waals surface area contributed by atoms with Gasteiger partial charge in [-0.15, -0.1) is 0 Å². The van der Waals surface area contributed by atoms with Gasteiger partial charge in [0, 0.05) is 12.2 Å². The fraction of sp³-hybridized carbons (Fsp3) is 0.381. The summed E-state index contributed by atoms with van der Waals surface area (Å²) in [5, 5.41) is 3.41. The van der Waals surface area contributed by atoms with E-state index in [-0.39, 0.29) is 11.4 Å². The third-order valence-electron chi connectivity index (χ3n) is 4.20. The van der Waals surface area contributed by atoms with Crippen LogP contribution in [0.3, 0.4) is 0 Å². The molecule has 2 aromatic rings. The number of nitrogens with one attached hydrogen (secondary N) is 1. The van der Waals surface area contributed by atoms with E-state index in [1.807, 2.05) is 18.2 Å². The van der Waals surface area contributed by atoms with E-state index >= 15 is 0 Å². The van der Waals surface area contributed by atoms with Crippen molar-refractivity contribution in [3.05, 3.63) is 65.2 Å². The van der Waals surface area contributed by atoms with E-state index in [0.717, 1.165) is 25.1 Å². The maximum atomic E-state index is 11.8. The van der Waals surface area contributed by atoms with Crippen molar-refractivity contribution >= 4 is 11.7 Å². The minimum Gasteiger partial charge on any atom is -0.465 e. The lowest BCUT2D eigenvalue weighted by Crippen LogP contribution is -2.26. The molecule has 0 saturated carbocycles. The van der Waals surface area contributed by atoms with Crippen LogP contribution in [0.2, 0.25) is 0 Å². The number of benzene rings is 2. The fourth-order valence-corrected chi connectivity index (χ4v) is 2.77. The summed E-state index contributed by atoms with van der Waals surface area (Å²) in [6, 6.07) is 16.3. The van der Waals surface area contributed by atoms with Crippen molar-refractivity contribution in [3.8, 4) is 0 Å². The number of carbonyl (C=O) groups excluding carboxylic acids is 1. The molecule has 0 amide bonds. The van der Waals surface area contributed by atoms with Crippen LogP contribution < -0.4 is 5.32 Å². The van der Waals surface area contributed by atoms with Gasteiger partial charge in [-0.2, -0.15) is 0 Å².